The molecule has 156 valence electrons. The Bertz CT molecular complexity index is 1020. The minimum atomic E-state index is -4.55. The van der Waals surface area contributed by atoms with Crippen molar-refractivity contribution in [1.82, 2.24) is 15.0 Å². The Labute approximate surface area is 170 Å². The number of alkyl halides is 3. The molecule has 3 N–H and O–H groups in total. The third-order valence-corrected chi connectivity index (χ3v) is 3.92. The van der Waals surface area contributed by atoms with E-state index in [1.165, 1.54) is 0 Å². The fraction of sp³-hybridized carbons (Fsp3) is 0.200. The SMILES string of the molecule is CCNc1nc(C)cc(Nc2ccc(NC(=O)c3ccc(C(F)(F)F)nc3)cc2)n1. The molecule has 0 saturated heterocycles. The largest absolute Gasteiger partial charge is 0.433 e. The Kier molecular flexibility index (Phi) is 6.14. The van der Waals surface area contributed by atoms with E-state index in [1.54, 1.807) is 30.3 Å². The minimum absolute atomic E-state index is 0.0256. The summed E-state index contributed by atoms with van der Waals surface area (Å²) in [7, 11) is 0. The van der Waals surface area contributed by atoms with Crippen LogP contribution < -0.4 is 16.0 Å². The second-order valence-electron chi connectivity index (χ2n) is 6.33. The molecule has 0 atom stereocenters. The van der Waals surface area contributed by atoms with Gasteiger partial charge >= 0.3 is 6.18 Å². The summed E-state index contributed by atoms with van der Waals surface area (Å²) in [5, 5.41) is 8.83. The van der Waals surface area contributed by atoms with Gasteiger partial charge in [0.25, 0.3) is 5.91 Å². The van der Waals surface area contributed by atoms with Crippen molar-refractivity contribution in [2.75, 3.05) is 22.5 Å². The number of aryl methyl sites for hydroxylation is 1. The molecule has 0 aliphatic rings. The maximum atomic E-state index is 12.6. The van der Waals surface area contributed by atoms with Crippen LogP contribution >= 0.6 is 0 Å². The highest BCUT2D eigenvalue weighted by molar-refractivity contribution is 6.04. The molecule has 1 aromatic carbocycles. The molecule has 0 fully saturated rings. The van der Waals surface area contributed by atoms with Crippen LogP contribution in [0.4, 0.5) is 36.3 Å². The number of carbonyl (C=O) groups excluding carboxylic acids is 1. The van der Waals surface area contributed by atoms with Crippen molar-refractivity contribution >= 4 is 29.0 Å². The molecule has 1 amide bonds. The average Bonchev–Trinajstić information content (AvgIpc) is 2.69. The van der Waals surface area contributed by atoms with Crippen molar-refractivity contribution in [3.8, 4) is 0 Å². The van der Waals surface area contributed by atoms with E-state index < -0.39 is 17.8 Å². The van der Waals surface area contributed by atoms with Gasteiger partial charge in [0, 0.05) is 35.9 Å². The summed E-state index contributed by atoms with van der Waals surface area (Å²) in [5.41, 5.74) is 1.00. The Morgan fingerprint density at radius 2 is 1.73 bits per heavy atom. The number of nitrogens with one attached hydrogen (secondary N) is 3. The lowest BCUT2D eigenvalue weighted by Gasteiger charge is -2.10. The van der Waals surface area contributed by atoms with Gasteiger partial charge in [-0.05, 0) is 50.2 Å². The molecule has 2 heterocycles. The van der Waals surface area contributed by atoms with Crippen LogP contribution in [0.25, 0.3) is 0 Å². The normalized spacial score (nSPS) is 11.1. The van der Waals surface area contributed by atoms with E-state index in [-0.39, 0.29) is 5.56 Å². The van der Waals surface area contributed by atoms with Crippen molar-refractivity contribution in [2.24, 2.45) is 0 Å². The number of nitrogens with zero attached hydrogens (tertiary/aromatic N) is 3. The molecule has 2 aromatic heterocycles. The van der Waals surface area contributed by atoms with Crippen LogP contribution in [-0.4, -0.2) is 27.4 Å². The van der Waals surface area contributed by atoms with Crippen molar-refractivity contribution in [3.63, 3.8) is 0 Å². The summed E-state index contributed by atoms with van der Waals surface area (Å²) in [6.07, 6.45) is -3.65. The number of pyridine rings is 1. The highest BCUT2D eigenvalue weighted by atomic mass is 19.4. The Morgan fingerprint density at radius 3 is 2.33 bits per heavy atom. The van der Waals surface area contributed by atoms with E-state index in [9.17, 15) is 18.0 Å². The van der Waals surface area contributed by atoms with E-state index in [0.717, 1.165) is 29.7 Å². The van der Waals surface area contributed by atoms with Crippen LogP contribution in [0.3, 0.4) is 0 Å². The predicted octanol–water partition coefficient (Wildman–Crippen LogP) is 4.63. The Hall–Kier alpha value is -3.69. The average molecular weight is 416 g/mol. The zero-order chi connectivity index (χ0) is 21.7. The first-order valence-corrected chi connectivity index (χ1v) is 9.06. The van der Waals surface area contributed by atoms with Gasteiger partial charge in [-0.2, -0.15) is 18.2 Å². The standard InChI is InChI=1S/C20H19F3N6O/c1-3-24-19-26-12(2)10-17(29-19)27-14-5-7-15(8-6-14)28-18(30)13-4-9-16(25-11-13)20(21,22)23/h4-11H,3H2,1-2H3,(H,28,30)(H2,24,26,27,29). The summed E-state index contributed by atoms with van der Waals surface area (Å²) < 4.78 is 37.7. The molecule has 7 nitrogen and oxygen atoms in total. The van der Waals surface area contributed by atoms with Crippen LogP contribution in [0.2, 0.25) is 0 Å². The molecule has 0 saturated carbocycles. The van der Waals surface area contributed by atoms with Gasteiger partial charge in [0.05, 0.1) is 5.56 Å². The molecule has 0 bridgehead atoms. The molecule has 3 rings (SSSR count). The van der Waals surface area contributed by atoms with Gasteiger partial charge in [-0.1, -0.05) is 0 Å². The maximum Gasteiger partial charge on any atom is 0.433 e. The highest BCUT2D eigenvalue weighted by Gasteiger charge is 2.32. The van der Waals surface area contributed by atoms with E-state index in [2.05, 4.69) is 30.9 Å². The lowest BCUT2D eigenvalue weighted by Crippen LogP contribution is -2.14. The molecular formula is C20H19F3N6O. The molecule has 30 heavy (non-hydrogen) atoms. The summed E-state index contributed by atoms with van der Waals surface area (Å²) in [5.74, 6) is 0.582. The summed E-state index contributed by atoms with van der Waals surface area (Å²) >= 11 is 0. The molecule has 0 aliphatic carbocycles. The third kappa shape index (κ3) is 5.43. The molecule has 3 aromatic rings. The molecule has 0 spiro atoms. The number of anilines is 4. The second kappa shape index (κ2) is 8.76. The maximum absolute atomic E-state index is 12.6. The number of benzene rings is 1. The van der Waals surface area contributed by atoms with Gasteiger partial charge < -0.3 is 16.0 Å². The first-order valence-electron chi connectivity index (χ1n) is 9.06. The first kappa shape index (κ1) is 21.0. The van der Waals surface area contributed by atoms with Gasteiger partial charge in [0.1, 0.15) is 11.5 Å². The molecule has 0 radical (unpaired) electrons. The van der Waals surface area contributed by atoms with Gasteiger partial charge in [0.15, 0.2) is 0 Å². The molecule has 10 heteroatoms. The van der Waals surface area contributed by atoms with E-state index in [4.69, 9.17) is 0 Å². The van der Waals surface area contributed by atoms with E-state index in [0.29, 0.717) is 24.0 Å². The third-order valence-electron chi connectivity index (χ3n) is 3.92. The second-order valence-corrected chi connectivity index (χ2v) is 6.33. The fourth-order valence-corrected chi connectivity index (χ4v) is 2.55. The topological polar surface area (TPSA) is 91.8 Å². The quantitative estimate of drug-likeness (QED) is 0.543. The van der Waals surface area contributed by atoms with Crippen LogP contribution in [0.1, 0.15) is 28.7 Å². The number of carbonyl (C=O) groups is 1. The lowest BCUT2D eigenvalue weighted by atomic mass is 10.2. The molecule has 0 aliphatic heterocycles. The minimum Gasteiger partial charge on any atom is -0.354 e. The smallest absolute Gasteiger partial charge is 0.354 e. The van der Waals surface area contributed by atoms with Gasteiger partial charge in [0.2, 0.25) is 5.95 Å². The number of hydrogen-bond donors (Lipinski definition) is 3. The van der Waals surface area contributed by atoms with Crippen molar-refractivity contribution in [1.29, 1.82) is 0 Å². The van der Waals surface area contributed by atoms with Crippen LogP contribution in [-0.2, 0) is 6.18 Å². The lowest BCUT2D eigenvalue weighted by molar-refractivity contribution is -0.141. The van der Waals surface area contributed by atoms with Gasteiger partial charge in [-0.25, -0.2) is 4.98 Å². The van der Waals surface area contributed by atoms with Gasteiger partial charge in [-0.15, -0.1) is 0 Å². The number of amides is 1. The van der Waals surface area contributed by atoms with E-state index in [1.807, 2.05) is 13.8 Å². The van der Waals surface area contributed by atoms with Crippen LogP contribution in [0.5, 0.6) is 0 Å². The van der Waals surface area contributed by atoms with Gasteiger partial charge in [-0.3, -0.25) is 9.78 Å². The molecule has 0 unspecified atom stereocenters. The first-order chi connectivity index (χ1) is 14.2. The Morgan fingerprint density at radius 1 is 1.03 bits per heavy atom. The van der Waals surface area contributed by atoms with Crippen LogP contribution in [0, 0.1) is 6.92 Å². The molecular weight excluding hydrogens is 397 g/mol. The number of rotatable bonds is 6. The summed E-state index contributed by atoms with van der Waals surface area (Å²) in [4.78, 5) is 24.1. The van der Waals surface area contributed by atoms with Crippen molar-refractivity contribution in [2.45, 2.75) is 20.0 Å². The van der Waals surface area contributed by atoms with Crippen molar-refractivity contribution in [3.05, 3.63) is 65.6 Å². The van der Waals surface area contributed by atoms with E-state index >= 15 is 0 Å². The predicted molar refractivity (Wildman–Crippen MR) is 108 cm³/mol. The zero-order valence-corrected chi connectivity index (χ0v) is 16.2. The fourth-order valence-electron chi connectivity index (χ4n) is 2.55. The Balaban J connectivity index is 1.65. The number of aromatic nitrogens is 3. The van der Waals surface area contributed by atoms with Crippen molar-refractivity contribution < 1.29 is 18.0 Å². The summed E-state index contributed by atoms with van der Waals surface area (Å²) in [6, 6.07) is 10.5. The number of halogens is 3. The van der Waals surface area contributed by atoms with Crippen LogP contribution in [0.15, 0.2) is 48.7 Å². The highest BCUT2D eigenvalue weighted by Crippen LogP contribution is 2.27. The number of hydrogen-bond acceptors (Lipinski definition) is 6. The zero-order valence-electron chi connectivity index (χ0n) is 16.2. The summed E-state index contributed by atoms with van der Waals surface area (Å²) in [6.45, 7) is 4.51. The monoisotopic (exact) mass is 416 g/mol.